The van der Waals surface area contributed by atoms with E-state index in [-0.39, 0.29) is 0 Å². The molecular weight excluding hydrogens is 148 g/mol. The van der Waals surface area contributed by atoms with Crippen molar-refractivity contribution >= 4 is 6.08 Å². The number of H-pyrrole nitrogens is 1. The van der Waals surface area contributed by atoms with E-state index in [0.717, 1.165) is 12.2 Å². The van der Waals surface area contributed by atoms with Crippen molar-refractivity contribution < 1.29 is 0 Å². The molecule has 0 radical (unpaired) electrons. The van der Waals surface area contributed by atoms with Gasteiger partial charge in [-0.3, -0.25) is 0 Å². The van der Waals surface area contributed by atoms with Gasteiger partial charge in [-0.15, -0.1) is 0 Å². The fourth-order valence-electron chi connectivity index (χ4n) is 1.65. The fourth-order valence-corrected chi connectivity index (χ4v) is 1.65. The van der Waals surface area contributed by atoms with E-state index >= 15 is 0 Å². The number of rotatable bonds is 0. The molecule has 0 saturated carbocycles. The summed E-state index contributed by atoms with van der Waals surface area (Å²) >= 11 is 0. The molecule has 2 heteroatoms. The molecule has 1 aliphatic rings. The Hall–Kier alpha value is -1.05. The zero-order valence-corrected chi connectivity index (χ0v) is 7.81. The van der Waals surface area contributed by atoms with Crippen molar-refractivity contribution in [3.8, 4) is 0 Å². The summed E-state index contributed by atoms with van der Waals surface area (Å²) in [5.74, 6) is 1.68. The maximum Gasteiger partial charge on any atom is 0.103 e. The lowest BCUT2D eigenvalue weighted by atomic mass is 9.91. The molecule has 1 heterocycles. The summed E-state index contributed by atoms with van der Waals surface area (Å²) in [7, 11) is 0. The van der Waals surface area contributed by atoms with Crippen LogP contribution in [0.5, 0.6) is 0 Å². The number of imidazole rings is 1. The van der Waals surface area contributed by atoms with Gasteiger partial charge in [0.05, 0.1) is 11.4 Å². The number of allylic oxidation sites excluding steroid dienone is 1. The van der Waals surface area contributed by atoms with Crippen LogP contribution in [0.15, 0.2) is 5.57 Å². The third-order valence-corrected chi connectivity index (χ3v) is 2.58. The van der Waals surface area contributed by atoms with Crippen molar-refractivity contribution in [3.63, 3.8) is 0 Å². The second kappa shape index (κ2) is 2.47. The first kappa shape index (κ1) is 7.59. The summed E-state index contributed by atoms with van der Waals surface area (Å²) in [4.78, 5) is 7.70. The van der Waals surface area contributed by atoms with Crippen LogP contribution in [0.25, 0.3) is 6.08 Å². The summed E-state index contributed by atoms with van der Waals surface area (Å²) in [5.41, 5.74) is 3.89. The van der Waals surface area contributed by atoms with E-state index in [4.69, 9.17) is 0 Å². The van der Waals surface area contributed by atoms with Crippen LogP contribution in [0.2, 0.25) is 0 Å². The van der Waals surface area contributed by atoms with Gasteiger partial charge < -0.3 is 4.98 Å². The van der Waals surface area contributed by atoms with Crippen LogP contribution in [0.1, 0.15) is 31.1 Å². The average Bonchev–Trinajstić information content (AvgIpc) is 2.30. The molecule has 0 aromatic carbocycles. The Morgan fingerprint density at radius 2 is 2.25 bits per heavy atom. The van der Waals surface area contributed by atoms with Crippen molar-refractivity contribution in [3.05, 3.63) is 22.8 Å². The number of hydrogen-bond donors (Lipinski definition) is 1. The van der Waals surface area contributed by atoms with Crippen LogP contribution < -0.4 is 0 Å². The first-order valence-electron chi connectivity index (χ1n) is 4.40. The van der Waals surface area contributed by atoms with Gasteiger partial charge >= 0.3 is 0 Å². The lowest BCUT2D eigenvalue weighted by Crippen LogP contribution is -2.07. The molecule has 2 rings (SSSR count). The van der Waals surface area contributed by atoms with Gasteiger partial charge in [0.1, 0.15) is 5.82 Å². The van der Waals surface area contributed by atoms with E-state index in [1.807, 2.05) is 6.92 Å². The number of fused-ring (bicyclic) bond motifs is 1. The predicted molar refractivity (Wildman–Crippen MR) is 49.8 cm³/mol. The lowest BCUT2D eigenvalue weighted by molar-refractivity contribution is 0.660. The highest BCUT2D eigenvalue weighted by Crippen LogP contribution is 2.25. The van der Waals surface area contributed by atoms with Crippen molar-refractivity contribution in [1.29, 1.82) is 0 Å². The summed E-state index contributed by atoms with van der Waals surface area (Å²) < 4.78 is 0. The van der Waals surface area contributed by atoms with Gasteiger partial charge in [-0.05, 0) is 32.3 Å². The molecule has 0 spiro atoms. The second-order valence-corrected chi connectivity index (χ2v) is 3.68. The molecule has 1 atom stereocenters. The van der Waals surface area contributed by atoms with Crippen LogP contribution in [0.4, 0.5) is 0 Å². The Morgan fingerprint density at radius 1 is 1.50 bits per heavy atom. The minimum Gasteiger partial charge on any atom is -0.343 e. The van der Waals surface area contributed by atoms with E-state index in [0.29, 0.717) is 5.92 Å². The minimum absolute atomic E-state index is 0.653. The summed E-state index contributed by atoms with van der Waals surface area (Å²) in [5, 5.41) is 0. The molecule has 1 N–H and O–H groups in total. The smallest absolute Gasteiger partial charge is 0.103 e. The van der Waals surface area contributed by atoms with Crippen molar-refractivity contribution in [2.45, 2.75) is 27.2 Å². The van der Waals surface area contributed by atoms with E-state index < -0.39 is 0 Å². The van der Waals surface area contributed by atoms with Gasteiger partial charge in [0.25, 0.3) is 0 Å². The third kappa shape index (κ3) is 1.07. The molecule has 2 nitrogen and oxygen atoms in total. The molecule has 1 aromatic rings. The zero-order valence-electron chi connectivity index (χ0n) is 7.81. The van der Waals surface area contributed by atoms with Gasteiger partial charge in [-0.2, -0.15) is 0 Å². The molecule has 64 valence electrons. The highest BCUT2D eigenvalue weighted by Gasteiger charge is 2.17. The van der Waals surface area contributed by atoms with Gasteiger partial charge in [-0.25, -0.2) is 4.98 Å². The van der Waals surface area contributed by atoms with Gasteiger partial charge in [0.2, 0.25) is 0 Å². The normalized spacial score (nSPS) is 21.9. The highest BCUT2D eigenvalue weighted by atomic mass is 14.9. The minimum atomic E-state index is 0.653. The first-order valence-corrected chi connectivity index (χ1v) is 4.40. The number of aryl methyl sites for hydroxylation is 1. The molecular formula is C10H14N2. The maximum atomic E-state index is 4.44. The molecule has 0 amide bonds. The summed E-state index contributed by atoms with van der Waals surface area (Å²) in [6, 6.07) is 0. The molecule has 12 heavy (non-hydrogen) atoms. The average molecular weight is 162 g/mol. The predicted octanol–water partition coefficient (Wildman–Crippen LogP) is 2.31. The highest BCUT2D eigenvalue weighted by molar-refractivity contribution is 5.54. The van der Waals surface area contributed by atoms with Crippen LogP contribution in [0.3, 0.4) is 0 Å². The van der Waals surface area contributed by atoms with Gasteiger partial charge in [0, 0.05) is 0 Å². The molecule has 1 unspecified atom stereocenters. The Balaban J connectivity index is 2.48. The van der Waals surface area contributed by atoms with E-state index in [9.17, 15) is 0 Å². The van der Waals surface area contributed by atoms with Gasteiger partial charge in [0.15, 0.2) is 0 Å². The Bertz CT molecular complexity index is 334. The molecule has 1 aliphatic carbocycles. The van der Waals surface area contributed by atoms with Crippen LogP contribution in [-0.2, 0) is 6.42 Å². The monoisotopic (exact) mass is 162 g/mol. The number of nitrogens with one attached hydrogen (secondary N) is 1. The number of aromatic nitrogens is 2. The van der Waals surface area contributed by atoms with Crippen LogP contribution in [0, 0.1) is 12.8 Å². The van der Waals surface area contributed by atoms with E-state index in [2.05, 4.69) is 29.9 Å². The van der Waals surface area contributed by atoms with Crippen LogP contribution >= 0.6 is 0 Å². The first-order chi connectivity index (χ1) is 5.66. The lowest BCUT2D eigenvalue weighted by Gasteiger charge is -2.15. The van der Waals surface area contributed by atoms with Crippen molar-refractivity contribution in [2.75, 3.05) is 0 Å². The van der Waals surface area contributed by atoms with Gasteiger partial charge in [-0.1, -0.05) is 12.5 Å². The van der Waals surface area contributed by atoms with Crippen LogP contribution in [-0.4, -0.2) is 9.97 Å². The quantitative estimate of drug-likeness (QED) is 0.623. The van der Waals surface area contributed by atoms with E-state index in [1.165, 1.54) is 17.0 Å². The van der Waals surface area contributed by atoms with Crippen molar-refractivity contribution in [2.24, 2.45) is 5.92 Å². The van der Waals surface area contributed by atoms with Crippen molar-refractivity contribution in [1.82, 2.24) is 9.97 Å². The molecule has 0 saturated heterocycles. The standard InChI is InChI=1S/C10H14N2/c1-6-4-9-10(5-7(6)2)12-8(3)11-9/h4,7H,5H2,1-3H3,(H,11,12). The zero-order chi connectivity index (χ0) is 8.72. The third-order valence-electron chi connectivity index (χ3n) is 2.58. The number of aromatic amines is 1. The second-order valence-electron chi connectivity index (χ2n) is 3.68. The molecule has 0 aliphatic heterocycles. The fraction of sp³-hybridized carbons (Fsp3) is 0.500. The Morgan fingerprint density at radius 3 is 3.00 bits per heavy atom. The SMILES string of the molecule is CC1=Cc2[nH]c(C)nc2CC1C. The maximum absolute atomic E-state index is 4.44. The number of nitrogens with zero attached hydrogens (tertiary/aromatic N) is 1. The van der Waals surface area contributed by atoms with E-state index in [1.54, 1.807) is 0 Å². The Kier molecular flexibility index (Phi) is 1.56. The molecule has 0 fully saturated rings. The topological polar surface area (TPSA) is 28.7 Å². The summed E-state index contributed by atoms with van der Waals surface area (Å²) in [6.45, 7) is 6.44. The molecule has 1 aromatic heterocycles. The Labute approximate surface area is 72.7 Å². The summed E-state index contributed by atoms with van der Waals surface area (Å²) in [6.07, 6.45) is 3.30. The molecule has 0 bridgehead atoms. The number of hydrogen-bond acceptors (Lipinski definition) is 1. The largest absolute Gasteiger partial charge is 0.343 e.